The fraction of sp³-hybridized carbons (Fsp3) is 0. The topological polar surface area (TPSA) is 0 Å². The molecule has 0 nitrogen and oxygen atoms in total. The Morgan fingerprint density at radius 3 is 0.258 bits per heavy atom. The third-order valence-electron chi connectivity index (χ3n) is 24.9. The van der Waals surface area contributed by atoms with Crippen molar-refractivity contribution in [3.8, 4) is 234 Å². The van der Waals surface area contributed by atoms with Crippen molar-refractivity contribution in [2.75, 3.05) is 0 Å². The molecule has 0 heterocycles. The molecule has 0 radical (unpaired) electrons. The Morgan fingerprint density at radius 1 is 0.0583 bits per heavy atom. The number of hydrogen-bond donors (Lipinski definition) is 0. The summed E-state index contributed by atoms with van der Waals surface area (Å²) < 4.78 is 0. The average Bonchev–Trinajstić information content (AvgIpc) is 0.755. The van der Waals surface area contributed by atoms with Crippen molar-refractivity contribution < 1.29 is 0 Å². The van der Waals surface area contributed by atoms with Gasteiger partial charge in [0.1, 0.15) is 0 Å². The highest BCUT2D eigenvalue weighted by Gasteiger charge is 2.22. The highest BCUT2D eigenvalue weighted by molar-refractivity contribution is 6.00. The van der Waals surface area contributed by atoms with E-state index in [9.17, 15) is 0 Å². The Kier molecular flexibility index (Phi) is 18.1. The quantitative estimate of drug-likeness (QED) is 0.154. The summed E-state index contributed by atoms with van der Waals surface area (Å²) in [5.41, 5.74) is 49.1. The van der Waals surface area contributed by atoms with E-state index in [1.165, 1.54) is 145 Å². The summed E-state index contributed by atoms with van der Waals surface area (Å²) in [5, 5.41) is 0. The number of hydrogen-bond acceptors (Lipinski definition) is 0. The van der Waals surface area contributed by atoms with Gasteiger partial charge in [-0.25, -0.2) is 0 Å². The molecule has 0 saturated carbocycles. The van der Waals surface area contributed by atoms with E-state index in [0.717, 1.165) is 89.0 Å². The Hall–Kier alpha value is -15.6. The maximum absolute atomic E-state index is 2.47. The summed E-state index contributed by atoms with van der Waals surface area (Å²) in [5.74, 6) is 0. The third-order valence-corrected chi connectivity index (χ3v) is 24.9. The standard InChI is InChI=1S/C120H78/c1-3-11-111-101-61-45-93(46-62-101)87-33-37-89(38-34-87)97-53-69-105(70-54-97)117-75-73-107(115-15-7-5-13-113(115)103-65-49-95(50-66-103)85-29-21-81(22-30-85)79-17-25-83(26-18-79)91-41-57-99(58-42-91)109(111)9-1)77-119(117)120-78-108-74-76-118(120)106-71-55-98(56-72-106)90-39-35-88(36-40-90)94-47-63-102(64-48-94)112-12-4-2-10-110(112)100-59-43-92(44-60-100)84-27-19-80(20-28-84)82-23-31-86(32-24-82)96-51-67-104(68-52-96)114-14-6-8-16-116(108)114/h1-78H. The van der Waals surface area contributed by atoms with Gasteiger partial charge in [0, 0.05) is 0 Å². The first-order valence-corrected chi connectivity index (χ1v) is 41.5. The van der Waals surface area contributed by atoms with Crippen LogP contribution in [0.25, 0.3) is 234 Å². The van der Waals surface area contributed by atoms with E-state index in [1.807, 2.05) is 0 Å². The molecule has 0 fully saturated rings. The number of benzene rings is 20. The first-order valence-electron chi connectivity index (χ1n) is 41.5. The van der Waals surface area contributed by atoms with Crippen LogP contribution in [0.5, 0.6) is 0 Å². The lowest BCUT2D eigenvalue weighted by atomic mass is 9.83. The summed E-state index contributed by atoms with van der Waals surface area (Å²) in [6, 6.07) is 177. The van der Waals surface area contributed by atoms with Gasteiger partial charge in [0.25, 0.3) is 0 Å². The first-order chi connectivity index (χ1) is 59.4. The molecule has 558 valence electrons. The lowest BCUT2D eigenvalue weighted by Crippen LogP contribution is -1.94. The zero-order chi connectivity index (χ0) is 79.4. The maximum Gasteiger partial charge on any atom is -0.00928 e. The Labute approximate surface area is 702 Å². The summed E-state index contributed by atoms with van der Waals surface area (Å²) in [7, 11) is 0. The molecular weight excluding hydrogens is 1440 g/mol. The molecule has 20 aromatic rings. The molecule has 0 heteroatoms. The fourth-order valence-electron chi connectivity index (χ4n) is 18.2. The second kappa shape index (κ2) is 30.5. The molecule has 32 bridgehead atoms. The van der Waals surface area contributed by atoms with Crippen molar-refractivity contribution in [1.82, 2.24) is 0 Å². The van der Waals surface area contributed by atoms with E-state index in [0.29, 0.717) is 0 Å². The van der Waals surface area contributed by atoms with Crippen LogP contribution in [-0.2, 0) is 0 Å². The molecule has 0 atom stereocenters. The second-order valence-corrected chi connectivity index (χ2v) is 31.8. The summed E-state index contributed by atoms with van der Waals surface area (Å²) >= 11 is 0. The molecule has 0 saturated heterocycles. The highest BCUT2D eigenvalue weighted by atomic mass is 14.3. The number of rotatable bonds is 1. The molecule has 0 amide bonds. The van der Waals surface area contributed by atoms with Crippen molar-refractivity contribution in [3.63, 3.8) is 0 Å². The third kappa shape index (κ3) is 13.6. The predicted octanol–water partition coefficient (Wildman–Crippen LogP) is 33.3. The molecular formula is C120H78. The molecule has 0 aliphatic heterocycles. The Bertz CT molecular complexity index is 6740. The van der Waals surface area contributed by atoms with Crippen LogP contribution >= 0.6 is 0 Å². The van der Waals surface area contributed by atoms with E-state index in [1.54, 1.807) is 0 Å². The van der Waals surface area contributed by atoms with Crippen molar-refractivity contribution in [3.05, 3.63) is 473 Å². The van der Waals surface area contributed by atoms with Crippen LogP contribution in [0.2, 0.25) is 0 Å². The van der Waals surface area contributed by atoms with Gasteiger partial charge >= 0.3 is 0 Å². The van der Waals surface area contributed by atoms with E-state index in [2.05, 4.69) is 473 Å². The summed E-state index contributed by atoms with van der Waals surface area (Å²) in [6.45, 7) is 0. The van der Waals surface area contributed by atoms with Gasteiger partial charge in [-0.1, -0.05) is 461 Å². The zero-order valence-electron chi connectivity index (χ0n) is 66.0. The van der Waals surface area contributed by atoms with Gasteiger partial charge in [-0.15, -0.1) is 0 Å². The van der Waals surface area contributed by atoms with Crippen molar-refractivity contribution in [2.24, 2.45) is 0 Å². The van der Waals surface area contributed by atoms with Gasteiger partial charge in [-0.3, -0.25) is 0 Å². The van der Waals surface area contributed by atoms with Gasteiger partial charge in [-0.2, -0.15) is 0 Å². The average molecular weight is 1520 g/mol. The maximum atomic E-state index is 2.47. The molecule has 0 spiro atoms. The fourth-order valence-corrected chi connectivity index (χ4v) is 18.2. The molecule has 120 heavy (non-hydrogen) atoms. The van der Waals surface area contributed by atoms with E-state index in [-0.39, 0.29) is 0 Å². The van der Waals surface area contributed by atoms with E-state index < -0.39 is 0 Å². The van der Waals surface area contributed by atoms with Crippen LogP contribution in [0.4, 0.5) is 0 Å². The summed E-state index contributed by atoms with van der Waals surface area (Å²) in [4.78, 5) is 0. The molecule has 0 N–H and O–H groups in total. The van der Waals surface area contributed by atoms with Gasteiger partial charge in [-0.05, 0) is 246 Å². The predicted molar refractivity (Wildman–Crippen MR) is 508 cm³/mol. The van der Waals surface area contributed by atoms with E-state index >= 15 is 0 Å². The second-order valence-electron chi connectivity index (χ2n) is 31.8. The van der Waals surface area contributed by atoms with Crippen LogP contribution in [-0.4, -0.2) is 0 Å². The smallest absolute Gasteiger partial charge is 0.00928 e. The zero-order valence-corrected chi connectivity index (χ0v) is 66.0. The Morgan fingerprint density at radius 2 is 0.142 bits per heavy atom. The van der Waals surface area contributed by atoms with Gasteiger partial charge in [0.05, 0.1) is 0 Å². The largest absolute Gasteiger partial charge is 0.0616 e. The molecule has 0 aromatic heterocycles. The van der Waals surface area contributed by atoms with Crippen LogP contribution in [0.1, 0.15) is 0 Å². The lowest BCUT2D eigenvalue weighted by Gasteiger charge is -2.20. The van der Waals surface area contributed by atoms with Crippen LogP contribution < -0.4 is 0 Å². The van der Waals surface area contributed by atoms with Crippen LogP contribution in [0, 0.1) is 0 Å². The van der Waals surface area contributed by atoms with Gasteiger partial charge in [0.15, 0.2) is 0 Å². The van der Waals surface area contributed by atoms with E-state index in [4.69, 9.17) is 0 Å². The summed E-state index contributed by atoms with van der Waals surface area (Å²) in [6.07, 6.45) is 0. The molecule has 0 unspecified atom stereocenters. The molecule has 35 aliphatic carbocycles. The Balaban J connectivity index is 0.677. The molecule has 20 aromatic carbocycles. The van der Waals surface area contributed by atoms with Crippen LogP contribution in [0.3, 0.4) is 0 Å². The van der Waals surface area contributed by atoms with Crippen LogP contribution in [0.15, 0.2) is 473 Å². The van der Waals surface area contributed by atoms with Gasteiger partial charge < -0.3 is 0 Å². The molecule has 35 aliphatic rings. The normalized spacial score (nSPS) is 11.5. The minimum Gasteiger partial charge on any atom is -0.0616 e. The monoisotopic (exact) mass is 1520 g/mol. The minimum absolute atomic E-state index is 1.13. The SMILES string of the molecule is c1ccc2c(c1)-c1ccc(cc1)-c1ccc(cc1)-c1ccc(cc1)-c1ccc(cc1)-c1ccccc1-c1ccc(c(-c3cc4ccc3-c3ccc(cc3)-c3ccc(cc3)-c3ccc(cc3)-c3ccccc3-c3ccc(cc3)-c3ccc(cc3)-c3ccc(cc3)-c3ccc(cc3)-c3ccccc3-4)c1)-c1ccc(cc1)-c1ccc(cc1)-c1ccc-2cc1. The highest BCUT2D eigenvalue weighted by Crippen LogP contribution is 2.48. The minimum atomic E-state index is 1.13. The molecule has 55 rings (SSSR count). The van der Waals surface area contributed by atoms with Crippen molar-refractivity contribution >= 4 is 0 Å². The first kappa shape index (κ1) is 71.0. The van der Waals surface area contributed by atoms with Crippen molar-refractivity contribution in [1.29, 1.82) is 0 Å². The van der Waals surface area contributed by atoms with Gasteiger partial charge in [0.2, 0.25) is 0 Å². The lowest BCUT2D eigenvalue weighted by molar-refractivity contribution is 1.52. The van der Waals surface area contributed by atoms with Crippen molar-refractivity contribution in [2.45, 2.75) is 0 Å².